The highest BCUT2D eigenvalue weighted by Gasteiger charge is 2.21. The third-order valence-electron chi connectivity index (χ3n) is 3.59. The highest BCUT2D eigenvalue weighted by Crippen LogP contribution is 2.22. The van der Waals surface area contributed by atoms with Crippen molar-refractivity contribution in [2.24, 2.45) is 5.92 Å². The summed E-state index contributed by atoms with van der Waals surface area (Å²) in [6, 6.07) is 7.89. The van der Waals surface area contributed by atoms with E-state index in [0.717, 1.165) is 25.7 Å². The fraction of sp³-hybridized carbons (Fsp3) is 0.500. The molecule has 5 heteroatoms. The largest absolute Gasteiger partial charge is 0.224 e. The average Bonchev–Trinajstić information content (AvgIpc) is 2.50. The lowest BCUT2D eigenvalue weighted by Crippen LogP contribution is -2.16. The molecule has 0 radical (unpaired) electrons. The van der Waals surface area contributed by atoms with Gasteiger partial charge < -0.3 is 0 Å². The summed E-state index contributed by atoms with van der Waals surface area (Å²) in [7, 11) is -3.42. The first kappa shape index (κ1) is 17.2. The van der Waals surface area contributed by atoms with Gasteiger partial charge in [-0.05, 0) is 30.5 Å². The Morgan fingerprint density at radius 2 is 1.81 bits per heavy atom. The number of nitrogens with zero attached hydrogens (tertiary/aromatic N) is 2. The smallest absolute Gasteiger partial charge is 0.178 e. The summed E-state index contributed by atoms with van der Waals surface area (Å²) in [6.45, 7) is 4.08. The molecule has 0 fully saturated rings. The Balaban J connectivity index is 3.03. The van der Waals surface area contributed by atoms with Crippen LogP contribution in [-0.2, 0) is 9.84 Å². The molecular formula is C16H20N2O2S. The fourth-order valence-electron chi connectivity index (χ4n) is 2.21. The van der Waals surface area contributed by atoms with E-state index in [1.807, 2.05) is 19.1 Å². The third-order valence-corrected chi connectivity index (χ3v) is 5.47. The van der Waals surface area contributed by atoms with Crippen molar-refractivity contribution in [3.05, 3.63) is 29.3 Å². The quantitative estimate of drug-likeness (QED) is 0.772. The fourth-order valence-corrected chi connectivity index (χ4v) is 4.00. The van der Waals surface area contributed by atoms with Crippen molar-refractivity contribution in [3.63, 3.8) is 0 Å². The molecule has 4 nitrogen and oxygen atoms in total. The summed E-state index contributed by atoms with van der Waals surface area (Å²) in [5.74, 6) is 0.233. The summed E-state index contributed by atoms with van der Waals surface area (Å²) in [5, 5.41) is 17.9. The van der Waals surface area contributed by atoms with Crippen LogP contribution in [0.5, 0.6) is 0 Å². The van der Waals surface area contributed by atoms with E-state index >= 15 is 0 Å². The van der Waals surface area contributed by atoms with Crippen molar-refractivity contribution in [2.45, 2.75) is 44.4 Å². The van der Waals surface area contributed by atoms with Crippen molar-refractivity contribution in [1.82, 2.24) is 0 Å². The minimum Gasteiger partial charge on any atom is -0.224 e. The van der Waals surface area contributed by atoms with E-state index < -0.39 is 9.84 Å². The maximum atomic E-state index is 12.4. The number of benzene rings is 1. The van der Waals surface area contributed by atoms with E-state index in [1.54, 1.807) is 0 Å². The lowest BCUT2D eigenvalue weighted by Gasteiger charge is -2.15. The molecule has 0 aromatic heterocycles. The van der Waals surface area contributed by atoms with Crippen LogP contribution in [0.3, 0.4) is 0 Å². The van der Waals surface area contributed by atoms with Crippen molar-refractivity contribution in [1.29, 1.82) is 10.5 Å². The Hall–Kier alpha value is -1.85. The molecule has 0 heterocycles. The van der Waals surface area contributed by atoms with E-state index in [1.165, 1.54) is 18.2 Å². The van der Waals surface area contributed by atoms with Gasteiger partial charge in [0.05, 0.1) is 21.8 Å². The molecule has 0 bridgehead atoms. The molecule has 112 valence electrons. The Morgan fingerprint density at radius 3 is 2.33 bits per heavy atom. The van der Waals surface area contributed by atoms with Crippen molar-refractivity contribution >= 4 is 9.84 Å². The van der Waals surface area contributed by atoms with Gasteiger partial charge in [-0.1, -0.05) is 33.1 Å². The summed E-state index contributed by atoms with van der Waals surface area (Å²) in [6.07, 6.45) is 3.78. The average molecular weight is 304 g/mol. The zero-order valence-electron chi connectivity index (χ0n) is 12.5. The second-order valence-electron chi connectivity index (χ2n) is 5.13. The topological polar surface area (TPSA) is 81.7 Å². The van der Waals surface area contributed by atoms with Crippen LogP contribution in [0.2, 0.25) is 0 Å². The van der Waals surface area contributed by atoms with Crippen molar-refractivity contribution < 1.29 is 8.42 Å². The van der Waals surface area contributed by atoms with Gasteiger partial charge in [0.2, 0.25) is 0 Å². The van der Waals surface area contributed by atoms with E-state index in [4.69, 9.17) is 10.5 Å². The van der Waals surface area contributed by atoms with E-state index in [2.05, 4.69) is 6.92 Å². The normalized spacial score (nSPS) is 12.4. The van der Waals surface area contributed by atoms with Crippen LogP contribution in [0, 0.1) is 28.6 Å². The molecule has 1 aromatic carbocycles. The number of nitriles is 2. The molecule has 0 amide bonds. The van der Waals surface area contributed by atoms with Crippen LogP contribution in [0.15, 0.2) is 23.1 Å². The number of hydrogen-bond acceptors (Lipinski definition) is 4. The van der Waals surface area contributed by atoms with Gasteiger partial charge in [0, 0.05) is 0 Å². The molecule has 0 spiro atoms. The minimum atomic E-state index is -3.42. The van der Waals surface area contributed by atoms with Crippen molar-refractivity contribution in [3.8, 4) is 12.1 Å². The Labute approximate surface area is 126 Å². The van der Waals surface area contributed by atoms with Gasteiger partial charge >= 0.3 is 0 Å². The number of unbranched alkanes of at least 4 members (excludes halogenated alkanes) is 1. The molecule has 21 heavy (non-hydrogen) atoms. The van der Waals surface area contributed by atoms with Crippen LogP contribution >= 0.6 is 0 Å². The first-order chi connectivity index (χ1) is 9.98. The number of sulfone groups is 1. The lowest BCUT2D eigenvalue weighted by atomic mass is 10.0. The standard InChI is InChI=1S/C16H20N2O2S/c1-3-5-6-13(4-2)12-21(19,20)16-8-7-14(10-17)15(9-16)11-18/h7-9,13H,3-6,12H2,1-2H3. The van der Waals surface area contributed by atoms with Gasteiger partial charge in [0.1, 0.15) is 12.1 Å². The Bertz CT molecular complexity index is 666. The molecule has 0 saturated carbocycles. The van der Waals surface area contributed by atoms with Crippen LogP contribution in [-0.4, -0.2) is 14.2 Å². The van der Waals surface area contributed by atoms with Crippen molar-refractivity contribution in [2.75, 3.05) is 5.75 Å². The molecule has 0 aliphatic carbocycles. The second-order valence-corrected chi connectivity index (χ2v) is 7.16. The summed E-state index contributed by atoms with van der Waals surface area (Å²) in [5.41, 5.74) is 0.314. The maximum absolute atomic E-state index is 12.4. The second kappa shape index (κ2) is 7.81. The predicted octanol–water partition coefficient (Wildman–Crippen LogP) is 3.42. The first-order valence-corrected chi connectivity index (χ1v) is 8.80. The monoisotopic (exact) mass is 304 g/mol. The van der Waals surface area contributed by atoms with Gasteiger partial charge in [-0.15, -0.1) is 0 Å². The molecule has 0 saturated heterocycles. The van der Waals surface area contributed by atoms with E-state index in [9.17, 15) is 8.42 Å². The highest BCUT2D eigenvalue weighted by molar-refractivity contribution is 7.91. The van der Waals surface area contributed by atoms with E-state index in [0.29, 0.717) is 0 Å². The minimum absolute atomic E-state index is 0.0975. The molecule has 0 aliphatic rings. The Kier molecular flexibility index (Phi) is 6.39. The summed E-state index contributed by atoms with van der Waals surface area (Å²) < 4.78 is 24.9. The SMILES string of the molecule is CCCCC(CC)CS(=O)(=O)c1ccc(C#N)c(C#N)c1. The molecule has 1 unspecified atom stereocenters. The van der Waals surface area contributed by atoms with Gasteiger partial charge in [-0.2, -0.15) is 10.5 Å². The van der Waals surface area contributed by atoms with Crippen LogP contribution < -0.4 is 0 Å². The predicted molar refractivity (Wildman–Crippen MR) is 81.2 cm³/mol. The lowest BCUT2D eigenvalue weighted by molar-refractivity contribution is 0.483. The zero-order chi connectivity index (χ0) is 15.9. The Morgan fingerprint density at radius 1 is 1.14 bits per heavy atom. The first-order valence-electron chi connectivity index (χ1n) is 7.15. The molecular weight excluding hydrogens is 284 g/mol. The number of rotatable bonds is 7. The zero-order valence-corrected chi connectivity index (χ0v) is 13.3. The molecule has 0 aliphatic heterocycles. The number of hydrogen-bond donors (Lipinski definition) is 0. The van der Waals surface area contributed by atoms with Crippen LogP contribution in [0.25, 0.3) is 0 Å². The third kappa shape index (κ3) is 4.58. The highest BCUT2D eigenvalue weighted by atomic mass is 32.2. The van der Waals surface area contributed by atoms with E-state index in [-0.39, 0.29) is 27.7 Å². The van der Waals surface area contributed by atoms with Crippen LogP contribution in [0.4, 0.5) is 0 Å². The van der Waals surface area contributed by atoms with Gasteiger partial charge in [0.25, 0.3) is 0 Å². The van der Waals surface area contributed by atoms with Crippen LogP contribution in [0.1, 0.15) is 50.7 Å². The van der Waals surface area contributed by atoms with Gasteiger partial charge in [-0.25, -0.2) is 8.42 Å². The molecule has 1 atom stereocenters. The summed E-state index contributed by atoms with van der Waals surface area (Å²) in [4.78, 5) is 0.132. The summed E-state index contributed by atoms with van der Waals surface area (Å²) >= 11 is 0. The van der Waals surface area contributed by atoms with Gasteiger partial charge in [0.15, 0.2) is 9.84 Å². The maximum Gasteiger partial charge on any atom is 0.178 e. The molecule has 1 rings (SSSR count). The molecule has 0 N–H and O–H groups in total. The van der Waals surface area contributed by atoms with Gasteiger partial charge in [-0.3, -0.25) is 0 Å². The molecule has 1 aromatic rings.